The van der Waals surface area contributed by atoms with Gasteiger partial charge in [0.05, 0.1) is 6.42 Å². The third kappa shape index (κ3) is 8.43. The predicted octanol–water partition coefficient (Wildman–Crippen LogP) is 4.01. The molecule has 0 aliphatic rings. The number of nitrogens with zero attached hydrogens (tertiary/aromatic N) is 1. The summed E-state index contributed by atoms with van der Waals surface area (Å²) < 4.78 is 36.4. The second-order valence-corrected chi connectivity index (χ2v) is 5.97. The molecule has 132 valence electrons. The fourth-order valence-corrected chi connectivity index (χ4v) is 1.95. The van der Waals surface area contributed by atoms with Crippen LogP contribution in [0.25, 0.3) is 0 Å². The Labute approximate surface area is 153 Å². The van der Waals surface area contributed by atoms with Gasteiger partial charge in [-0.3, -0.25) is 4.99 Å². The van der Waals surface area contributed by atoms with Crippen molar-refractivity contribution in [3.05, 3.63) is 35.4 Å². The van der Waals surface area contributed by atoms with Crippen LogP contribution in [0.4, 0.5) is 13.2 Å². The smallest absolute Gasteiger partial charge is 0.356 e. The van der Waals surface area contributed by atoms with Gasteiger partial charge in [-0.15, -0.1) is 24.0 Å². The second-order valence-electron chi connectivity index (χ2n) is 5.97. The number of aryl methyl sites for hydroxylation is 1. The Hall–Kier alpha value is -0.990. The van der Waals surface area contributed by atoms with E-state index in [-0.39, 0.29) is 35.9 Å². The van der Waals surface area contributed by atoms with Crippen molar-refractivity contribution in [3.8, 4) is 0 Å². The maximum atomic E-state index is 12.1. The van der Waals surface area contributed by atoms with E-state index in [9.17, 15) is 13.2 Å². The molecule has 1 rings (SSSR count). The highest BCUT2D eigenvalue weighted by Gasteiger charge is 2.26. The first kappa shape index (κ1) is 22.0. The summed E-state index contributed by atoms with van der Waals surface area (Å²) in [6, 6.07) is 8.23. The summed E-state index contributed by atoms with van der Waals surface area (Å²) in [5.41, 5.74) is 2.20. The Bertz CT molecular complexity index is 496. The molecule has 3 nitrogen and oxygen atoms in total. The lowest BCUT2D eigenvalue weighted by Gasteiger charge is -2.27. The summed E-state index contributed by atoms with van der Waals surface area (Å²) in [5, 5.41) is 5.76. The summed E-state index contributed by atoms with van der Waals surface area (Å²) >= 11 is 0. The molecule has 0 saturated heterocycles. The number of halogens is 4. The minimum atomic E-state index is -4.16. The molecular formula is C16H25F3IN3. The van der Waals surface area contributed by atoms with Crippen molar-refractivity contribution in [1.82, 2.24) is 10.6 Å². The molecule has 7 heteroatoms. The topological polar surface area (TPSA) is 36.4 Å². The van der Waals surface area contributed by atoms with Gasteiger partial charge in [0.25, 0.3) is 0 Å². The summed E-state index contributed by atoms with van der Waals surface area (Å²) in [4.78, 5) is 3.95. The zero-order valence-corrected chi connectivity index (χ0v) is 16.3. The number of benzene rings is 1. The number of guanidine groups is 1. The van der Waals surface area contributed by atoms with E-state index in [1.165, 1.54) is 5.56 Å². The predicted molar refractivity (Wildman–Crippen MR) is 99.7 cm³/mol. The van der Waals surface area contributed by atoms with E-state index in [2.05, 4.69) is 41.6 Å². The van der Waals surface area contributed by atoms with Crippen LogP contribution in [0.2, 0.25) is 0 Å². The molecule has 0 radical (unpaired) electrons. The van der Waals surface area contributed by atoms with Crippen LogP contribution in [0.5, 0.6) is 0 Å². The normalized spacial score (nSPS) is 12.6. The van der Waals surface area contributed by atoms with E-state index in [0.717, 1.165) is 5.56 Å². The van der Waals surface area contributed by atoms with E-state index in [0.29, 0.717) is 12.5 Å². The van der Waals surface area contributed by atoms with Gasteiger partial charge in [-0.1, -0.05) is 43.7 Å². The monoisotopic (exact) mass is 443 g/mol. The van der Waals surface area contributed by atoms with Crippen LogP contribution >= 0.6 is 24.0 Å². The molecule has 0 bridgehead atoms. The van der Waals surface area contributed by atoms with Crippen molar-refractivity contribution in [3.63, 3.8) is 0 Å². The average Bonchev–Trinajstić information content (AvgIpc) is 2.42. The SMILES string of the molecule is CN=C(NCCC(F)(F)F)NCC(C)(C)c1ccc(C)cc1.I. The Balaban J connectivity index is 0.00000484. The maximum Gasteiger partial charge on any atom is 0.390 e. The van der Waals surface area contributed by atoms with E-state index in [1.807, 2.05) is 19.1 Å². The highest BCUT2D eigenvalue weighted by Crippen LogP contribution is 2.22. The highest BCUT2D eigenvalue weighted by atomic mass is 127. The molecule has 0 aliphatic heterocycles. The quantitative estimate of drug-likeness (QED) is 0.410. The van der Waals surface area contributed by atoms with Crippen LogP contribution in [-0.2, 0) is 5.41 Å². The van der Waals surface area contributed by atoms with E-state index in [4.69, 9.17) is 0 Å². The second kappa shape index (κ2) is 9.34. The lowest BCUT2D eigenvalue weighted by Crippen LogP contribution is -2.44. The molecule has 0 saturated carbocycles. The largest absolute Gasteiger partial charge is 0.390 e. The fourth-order valence-electron chi connectivity index (χ4n) is 1.95. The Morgan fingerprint density at radius 3 is 2.13 bits per heavy atom. The number of aliphatic imine (C=N–C) groups is 1. The lowest BCUT2D eigenvalue weighted by atomic mass is 9.84. The molecule has 2 N–H and O–H groups in total. The Kier molecular flexibility index (Phi) is 8.94. The number of hydrogen-bond donors (Lipinski definition) is 2. The van der Waals surface area contributed by atoms with Crippen LogP contribution in [0, 0.1) is 6.92 Å². The average molecular weight is 443 g/mol. The lowest BCUT2D eigenvalue weighted by molar-refractivity contribution is -0.132. The van der Waals surface area contributed by atoms with Crippen LogP contribution in [-0.4, -0.2) is 32.3 Å². The zero-order chi connectivity index (χ0) is 16.8. The van der Waals surface area contributed by atoms with Gasteiger partial charge in [0.15, 0.2) is 5.96 Å². The molecule has 1 aromatic carbocycles. The molecule has 0 aromatic heterocycles. The molecule has 0 unspecified atom stereocenters. The van der Waals surface area contributed by atoms with Crippen LogP contribution in [0.3, 0.4) is 0 Å². The minimum absolute atomic E-state index is 0. The van der Waals surface area contributed by atoms with Crippen molar-refractivity contribution in [2.75, 3.05) is 20.1 Å². The third-order valence-corrected chi connectivity index (χ3v) is 3.46. The first-order chi connectivity index (χ1) is 10.1. The van der Waals surface area contributed by atoms with Gasteiger partial charge in [-0.25, -0.2) is 0 Å². The number of hydrogen-bond acceptors (Lipinski definition) is 1. The fraction of sp³-hybridized carbons (Fsp3) is 0.562. The molecular weight excluding hydrogens is 418 g/mol. The first-order valence-electron chi connectivity index (χ1n) is 7.22. The van der Waals surface area contributed by atoms with E-state index >= 15 is 0 Å². The van der Waals surface area contributed by atoms with Gasteiger partial charge < -0.3 is 10.6 Å². The molecule has 0 fully saturated rings. The highest BCUT2D eigenvalue weighted by molar-refractivity contribution is 14.0. The zero-order valence-electron chi connectivity index (χ0n) is 13.9. The summed E-state index contributed by atoms with van der Waals surface area (Å²) in [7, 11) is 1.54. The molecule has 23 heavy (non-hydrogen) atoms. The third-order valence-electron chi connectivity index (χ3n) is 3.46. The molecule has 0 spiro atoms. The molecule has 0 heterocycles. The standard InChI is InChI=1S/C16H24F3N3.HI/c1-12-5-7-13(8-6-12)15(2,3)11-22-14(20-4)21-10-9-16(17,18)19;/h5-8H,9-11H2,1-4H3,(H2,20,21,22);1H. The van der Waals surface area contributed by atoms with E-state index < -0.39 is 12.6 Å². The van der Waals surface area contributed by atoms with Crippen LogP contribution in [0.15, 0.2) is 29.3 Å². The van der Waals surface area contributed by atoms with Crippen LogP contribution < -0.4 is 10.6 Å². The van der Waals surface area contributed by atoms with Gasteiger partial charge in [0.1, 0.15) is 0 Å². The van der Waals surface area contributed by atoms with Crippen molar-refractivity contribution in [1.29, 1.82) is 0 Å². The first-order valence-corrected chi connectivity index (χ1v) is 7.22. The van der Waals surface area contributed by atoms with Crippen molar-refractivity contribution >= 4 is 29.9 Å². The Morgan fingerprint density at radius 2 is 1.65 bits per heavy atom. The number of rotatable bonds is 5. The number of nitrogens with one attached hydrogen (secondary N) is 2. The van der Waals surface area contributed by atoms with E-state index in [1.54, 1.807) is 7.05 Å². The molecule has 0 amide bonds. The Morgan fingerprint density at radius 1 is 1.09 bits per heavy atom. The van der Waals surface area contributed by atoms with Gasteiger partial charge in [-0.05, 0) is 12.5 Å². The van der Waals surface area contributed by atoms with Crippen LogP contribution in [0.1, 0.15) is 31.4 Å². The summed E-state index contributed by atoms with van der Waals surface area (Å²) in [5.74, 6) is 0.379. The minimum Gasteiger partial charge on any atom is -0.356 e. The van der Waals surface area contributed by atoms with Crippen molar-refractivity contribution in [2.24, 2.45) is 4.99 Å². The summed E-state index contributed by atoms with van der Waals surface area (Å²) in [6.45, 7) is 6.57. The molecule has 0 atom stereocenters. The maximum absolute atomic E-state index is 12.1. The molecule has 1 aromatic rings. The van der Waals surface area contributed by atoms with Gasteiger partial charge >= 0.3 is 6.18 Å². The number of alkyl halides is 3. The van der Waals surface area contributed by atoms with Gasteiger partial charge in [0, 0.05) is 25.6 Å². The van der Waals surface area contributed by atoms with Gasteiger partial charge in [-0.2, -0.15) is 13.2 Å². The van der Waals surface area contributed by atoms with Crippen molar-refractivity contribution in [2.45, 2.75) is 38.8 Å². The molecule has 0 aliphatic carbocycles. The van der Waals surface area contributed by atoms with Crippen molar-refractivity contribution < 1.29 is 13.2 Å². The summed E-state index contributed by atoms with van der Waals surface area (Å²) in [6.07, 6.45) is -5.04. The van der Waals surface area contributed by atoms with Gasteiger partial charge in [0.2, 0.25) is 0 Å².